The Bertz CT molecular complexity index is 1190. The molecule has 0 bridgehead atoms. The Morgan fingerprint density at radius 2 is 1.52 bits per heavy atom. The van der Waals surface area contributed by atoms with Gasteiger partial charge in [0.05, 0.1) is 17.2 Å². The molecule has 1 aliphatic rings. The molecular formula is C26H22N2O4S. The summed E-state index contributed by atoms with van der Waals surface area (Å²) in [5, 5.41) is 6.54. The van der Waals surface area contributed by atoms with Gasteiger partial charge in [-0.15, -0.1) is 0 Å². The summed E-state index contributed by atoms with van der Waals surface area (Å²) in [4.78, 5) is 25.3. The maximum absolute atomic E-state index is 13.0. The number of hydrogen-bond acceptors (Lipinski definition) is 5. The molecule has 4 rings (SSSR count). The van der Waals surface area contributed by atoms with Crippen molar-refractivity contribution >= 4 is 29.3 Å². The van der Waals surface area contributed by atoms with E-state index in [2.05, 4.69) is 10.6 Å². The molecule has 166 valence electrons. The predicted molar refractivity (Wildman–Crippen MR) is 128 cm³/mol. The van der Waals surface area contributed by atoms with Crippen LogP contribution in [0.2, 0.25) is 0 Å². The molecule has 1 heterocycles. The Kier molecular flexibility index (Phi) is 6.80. The van der Waals surface area contributed by atoms with Crippen LogP contribution in [-0.4, -0.2) is 17.1 Å². The lowest BCUT2D eigenvalue weighted by Crippen LogP contribution is -2.45. The zero-order valence-electron chi connectivity index (χ0n) is 17.9. The third kappa shape index (κ3) is 5.45. The largest absolute Gasteiger partial charge is 0.457 e. The van der Waals surface area contributed by atoms with E-state index in [1.165, 1.54) is 0 Å². The first kappa shape index (κ1) is 22.2. The summed E-state index contributed by atoms with van der Waals surface area (Å²) < 4.78 is 11.0. The SMILES string of the molecule is CC1=C(C(=O)OCc2ccccc2)C(c2ccc(OC(=O)c3ccccc3)cc2)NC(=S)N1. The van der Waals surface area contributed by atoms with Crippen molar-refractivity contribution in [3.05, 3.63) is 113 Å². The number of ether oxygens (including phenoxy) is 2. The highest BCUT2D eigenvalue weighted by Gasteiger charge is 2.31. The summed E-state index contributed by atoms with van der Waals surface area (Å²) in [6.07, 6.45) is 0. The number of benzene rings is 3. The number of thiocarbonyl (C=S) groups is 1. The van der Waals surface area contributed by atoms with Crippen LogP contribution in [-0.2, 0) is 16.1 Å². The number of rotatable bonds is 6. The van der Waals surface area contributed by atoms with Crippen LogP contribution in [0.5, 0.6) is 5.75 Å². The van der Waals surface area contributed by atoms with Crippen LogP contribution in [0.1, 0.15) is 34.5 Å². The van der Waals surface area contributed by atoms with E-state index in [1.54, 1.807) is 55.5 Å². The van der Waals surface area contributed by atoms with E-state index in [9.17, 15) is 9.59 Å². The quantitative estimate of drug-likeness (QED) is 0.321. The zero-order valence-corrected chi connectivity index (χ0v) is 18.7. The van der Waals surface area contributed by atoms with Gasteiger partial charge in [0.25, 0.3) is 0 Å². The van der Waals surface area contributed by atoms with Crippen LogP contribution < -0.4 is 15.4 Å². The molecule has 0 saturated heterocycles. The van der Waals surface area contributed by atoms with Gasteiger partial charge in [-0.2, -0.15) is 0 Å². The summed E-state index contributed by atoms with van der Waals surface area (Å²) in [6, 6.07) is 24.7. The van der Waals surface area contributed by atoms with Crippen molar-refractivity contribution in [3.63, 3.8) is 0 Å². The number of esters is 2. The van der Waals surface area contributed by atoms with Gasteiger partial charge < -0.3 is 20.1 Å². The highest BCUT2D eigenvalue weighted by atomic mass is 32.1. The topological polar surface area (TPSA) is 76.7 Å². The average molecular weight is 459 g/mol. The maximum atomic E-state index is 13.0. The summed E-state index contributed by atoms with van der Waals surface area (Å²) in [7, 11) is 0. The second-order valence-electron chi connectivity index (χ2n) is 7.46. The van der Waals surface area contributed by atoms with E-state index in [-0.39, 0.29) is 6.61 Å². The summed E-state index contributed by atoms with van der Waals surface area (Å²) in [5.74, 6) is -0.480. The molecule has 7 heteroatoms. The monoisotopic (exact) mass is 458 g/mol. The van der Waals surface area contributed by atoms with Crippen LogP contribution in [0.4, 0.5) is 0 Å². The number of carbonyl (C=O) groups excluding carboxylic acids is 2. The Hall–Kier alpha value is -3.97. The molecular weight excluding hydrogens is 436 g/mol. The molecule has 1 aliphatic heterocycles. The summed E-state index contributed by atoms with van der Waals surface area (Å²) in [5.41, 5.74) is 3.21. The number of allylic oxidation sites excluding steroid dienone is 1. The molecule has 0 aliphatic carbocycles. The fraction of sp³-hybridized carbons (Fsp3) is 0.115. The van der Waals surface area contributed by atoms with Gasteiger partial charge in [-0.25, -0.2) is 9.59 Å². The van der Waals surface area contributed by atoms with Crippen LogP contribution >= 0.6 is 12.2 Å². The van der Waals surface area contributed by atoms with Gasteiger partial charge in [-0.3, -0.25) is 0 Å². The lowest BCUT2D eigenvalue weighted by Gasteiger charge is -2.30. The molecule has 6 nitrogen and oxygen atoms in total. The third-order valence-corrected chi connectivity index (χ3v) is 5.36. The van der Waals surface area contributed by atoms with Crippen LogP contribution in [0.25, 0.3) is 0 Å². The first-order chi connectivity index (χ1) is 16.0. The minimum Gasteiger partial charge on any atom is -0.457 e. The minimum atomic E-state index is -0.499. The van der Waals surface area contributed by atoms with Gasteiger partial charge in [0.15, 0.2) is 5.11 Å². The predicted octanol–water partition coefficient (Wildman–Crippen LogP) is 4.44. The third-order valence-electron chi connectivity index (χ3n) is 5.14. The van der Waals surface area contributed by atoms with Crippen molar-refractivity contribution < 1.29 is 19.1 Å². The van der Waals surface area contributed by atoms with Gasteiger partial charge in [0.2, 0.25) is 0 Å². The highest BCUT2D eigenvalue weighted by Crippen LogP contribution is 2.29. The fourth-order valence-corrected chi connectivity index (χ4v) is 3.75. The number of hydrogen-bond donors (Lipinski definition) is 2. The molecule has 0 aromatic heterocycles. The molecule has 0 radical (unpaired) electrons. The van der Waals surface area contributed by atoms with Gasteiger partial charge in [0, 0.05) is 5.70 Å². The van der Waals surface area contributed by atoms with E-state index in [4.69, 9.17) is 21.7 Å². The van der Waals surface area contributed by atoms with Crippen LogP contribution in [0, 0.1) is 0 Å². The lowest BCUT2D eigenvalue weighted by atomic mass is 9.95. The zero-order chi connectivity index (χ0) is 23.2. The van der Waals surface area contributed by atoms with Crippen molar-refractivity contribution in [1.82, 2.24) is 10.6 Å². The van der Waals surface area contributed by atoms with Crippen molar-refractivity contribution in [2.24, 2.45) is 0 Å². The van der Waals surface area contributed by atoms with Gasteiger partial charge >= 0.3 is 11.9 Å². The number of nitrogens with one attached hydrogen (secondary N) is 2. The summed E-state index contributed by atoms with van der Waals surface area (Å²) >= 11 is 5.30. The maximum Gasteiger partial charge on any atom is 0.343 e. The smallest absolute Gasteiger partial charge is 0.343 e. The van der Waals surface area contributed by atoms with Gasteiger partial charge in [-0.1, -0.05) is 60.7 Å². The molecule has 1 unspecified atom stereocenters. The fourth-order valence-electron chi connectivity index (χ4n) is 3.48. The van der Waals surface area contributed by atoms with Gasteiger partial charge in [-0.05, 0) is 54.5 Å². The van der Waals surface area contributed by atoms with Crippen molar-refractivity contribution in [2.75, 3.05) is 0 Å². The molecule has 2 N–H and O–H groups in total. The van der Waals surface area contributed by atoms with E-state index in [1.807, 2.05) is 36.4 Å². The number of carbonyl (C=O) groups is 2. The minimum absolute atomic E-state index is 0.169. The molecule has 3 aromatic carbocycles. The Balaban J connectivity index is 1.50. The molecule has 0 fully saturated rings. The standard InChI is InChI=1S/C26H22N2O4S/c1-17-22(25(30)31-16-18-8-4-2-5-9-18)23(28-26(33)27-17)19-12-14-21(15-13-19)32-24(29)20-10-6-3-7-11-20/h2-15,23H,16H2,1H3,(H2,27,28,33). The van der Waals surface area contributed by atoms with Crippen molar-refractivity contribution in [3.8, 4) is 5.75 Å². The first-order valence-electron chi connectivity index (χ1n) is 10.4. The van der Waals surface area contributed by atoms with Crippen molar-refractivity contribution in [2.45, 2.75) is 19.6 Å². The molecule has 0 spiro atoms. The molecule has 0 amide bonds. The van der Waals surface area contributed by atoms with E-state index in [0.717, 1.165) is 11.1 Å². The lowest BCUT2D eigenvalue weighted by molar-refractivity contribution is -0.140. The highest BCUT2D eigenvalue weighted by molar-refractivity contribution is 7.80. The Morgan fingerprint density at radius 1 is 0.879 bits per heavy atom. The van der Waals surface area contributed by atoms with E-state index >= 15 is 0 Å². The van der Waals surface area contributed by atoms with Crippen LogP contribution in [0.15, 0.2) is 96.2 Å². The Labute approximate surface area is 197 Å². The normalized spacial score (nSPS) is 15.3. The van der Waals surface area contributed by atoms with E-state index in [0.29, 0.717) is 27.7 Å². The first-order valence-corrected chi connectivity index (χ1v) is 10.8. The molecule has 3 aromatic rings. The molecule has 33 heavy (non-hydrogen) atoms. The second kappa shape index (κ2) is 10.1. The van der Waals surface area contributed by atoms with Crippen molar-refractivity contribution in [1.29, 1.82) is 0 Å². The summed E-state index contributed by atoms with van der Waals surface area (Å²) in [6.45, 7) is 1.96. The van der Waals surface area contributed by atoms with E-state index < -0.39 is 18.0 Å². The Morgan fingerprint density at radius 3 is 2.18 bits per heavy atom. The molecule has 1 atom stereocenters. The van der Waals surface area contributed by atoms with Crippen LogP contribution in [0.3, 0.4) is 0 Å². The van der Waals surface area contributed by atoms with Gasteiger partial charge in [0.1, 0.15) is 12.4 Å². The molecule has 0 saturated carbocycles. The second-order valence-corrected chi connectivity index (χ2v) is 7.86. The average Bonchev–Trinajstić information content (AvgIpc) is 2.84.